The van der Waals surface area contributed by atoms with Gasteiger partial charge in [0.05, 0.1) is 17.1 Å². The number of carbonyl (C=O) groups is 1. The van der Waals surface area contributed by atoms with Gasteiger partial charge in [-0.05, 0) is 50.3 Å². The van der Waals surface area contributed by atoms with Crippen molar-refractivity contribution in [1.82, 2.24) is 9.38 Å². The quantitative estimate of drug-likeness (QED) is 0.695. The predicted molar refractivity (Wildman–Crippen MR) is 121 cm³/mol. The number of hydrogen-bond donors (Lipinski definition) is 1. The van der Waals surface area contributed by atoms with Gasteiger partial charge in [-0.3, -0.25) is 9.20 Å². The molecule has 2 aliphatic heterocycles. The summed E-state index contributed by atoms with van der Waals surface area (Å²) in [7, 11) is 0. The van der Waals surface area contributed by atoms with E-state index in [1.165, 1.54) is 0 Å². The topological polar surface area (TPSA) is 96.7 Å². The van der Waals surface area contributed by atoms with Crippen LogP contribution in [0.1, 0.15) is 55.9 Å². The average Bonchev–Trinajstić information content (AvgIpc) is 3.41. The van der Waals surface area contributed by atoms with Crippen LogP contribution in [-0.2, 0) is 9.53 Å². The number of carbonyl (C=O) groups excluding carboxylic acids is 1. The van der Waals surface area contributed by atoms with E-state index in [-0.39, 0.29) is 25.4 Å². The fourth-order valence-corrected chi connectivity index (χ4v) is 5.08. The molecule has 3 aromatic rings. The maximum atomic E-state index is 11.7. The smallest absolute Gasteiger partial charge is 0.220 e. The zero-order valence-corrected chi connectivity index (χ0v) is 17.1. The molecule has 0 radical (unpaired) electrons. The van der Waals surface area contributed by atoms with Crippen LogP contribution >= 0.6 is 0 Å². The highest BCUT2D eigenvalue weighted by atomic mass is 16.5. The normalized spacial score (nSPS) is 19.5. The summed E-state index contributed by atoms with van der Waals surface area (Å²) in [5.41, 5.74) is 10.7. The number of ether oxygens (including phenoxy) is 1. The molecule has 1 atom stereocenters. The molecule has 7 heteroatoms. The van der Waals surface area contributed by atoms with E-state index in [1.54, 1.807) is 0 Å². The molecule has 2 fully saturated rings. The molecule has 7 nitrogen and oxygen atoms in total. The SMILES string of the molecule is C.Cc1c(C2CCCO2)c(C#N)c2nc3ccccc3n2c1N1CCC(C(N)=O)CC1. The second kappa shape index (κ2) is 8.20. The van der Waals surface area contributed by atoms with E-state index in [0.29, 0.717) is 11.2 Å². The lowest BCUT2D eigenvalue weighted by atomic mass is 9.94. The number of piperidine rings is 1. The van der Waals surface area contributed by atoms with Gasteiger partial charge < -0.3 is 15.4 Å². The van der Waals surface area contributed by atoms with Gasteiger partial charge in [-0.2, -0.15) is 5.26 Å². The van der Waals surface area contributed by atoms with Gasteiger partial charge in [0.1, 0.15) is 17.5 Å². The minimum absolute atomic E-state index is 0. The summed E-state index contributed by atoms with van der Waals surface area (Å²) in [5, 5.41) is 10.1. The monoisotopic (exact) mass is 419 g/mol. The zero-order chi connectivity index (χ0) is 20.8. The van der Waals surface area contributed by atoms with Crippen LogP contribution in [0.25, 0.3) is 16.7 Å². The average molecular weight is 420 g/mol. The number of anilines is 1. The number of aromatic nitrogens is 2. The maximum absolute atomic E-state index is 11.7. The third kappa shape index (κ3) is 3.31. The Morgan fingerprint density at radius 3 is 2.65 bits per heavy atom. The molecule has 162 valence electrons. The summed E-state index contributed by atoms with van der Waals surface area (Å²) in [6.45, 7) is 4.29. The Morgan fingerprint density at radius 2 is 2.00 bits per heavy atom. The van der Waals surface area contributed by atoms with Crippen molar-refractivity contribution in [2.45, 2.75) is 46.1 Å². The van der Waals surface area contributed by atoms with Gasteiger partial charge in [0.2, 0.25) is 5.91 Å². The van der Waals surface area contributed by atoms with Gasteiger partial charge in [0.25, 0.3) is 0 Å². The number of nitrogens with zero attached hydrogens (tertiary/aromatic N) is 4. The summed E-state index contributed by atoms with van der Waals surface area (Å²) in [4.78, 5) is 18.8. The van der Waals surface area contributed by atoms with Crippen LogP contribution in [-0.4, -0.2) is 35.0 Å². The number of benzene rings is 1. The van der Waals surface area contributed by atoms with Crippen LogP contribution in [0.3, 0.4) is 0 Å². The van der Waals surface area contributed by atoms with Crippen molar-refractivity contribution in [3.63, 3.8) is 0 Å². The first-order valence-corrected chi connectivity index (χ1v) is 10.6. The first-order chi connectivity index (χ1) is 14.6. The number of rotatable bonds is 3. The third-order valence-corrected chi connectivity index (χ3v) is 6.57. The largest absolute Gasteiger partial charge is 0.373 e. The number of pyridine rings is 1. The van der Waals surface area contributed by atoms with Gasteiger partial charge in [-0.1, -0.05) is 19.6 Å². The summed E-state index contributed by atoms with van der Waals surface area (Å²) in [5.74, 6) is 0.753. The summed E-state index contributed by atoms with van der Waals surface area (Å²) >= 11 is 0. The molecule has 5 rings (SSSR count). The highest BCUT2D eigenvalue weighted by molar-refractivity contribution is 5.86. The van der Waals surface area contributed by atoms with Crippen LogP contribution in [0.2, 0.25) is 0 Å². The van der Waals surface area contributed by atoms with Crippen molar-refractivity contribution < 1.29 is 9.53 Å². The Morgan fingerprint density at radius 1 is 1.26 bits per heavy atom. The fourth-order valence-electron chi connectivity index (χ4n) is 5.08. The molecule has 2 N–H and O–H groups in total. The highest BCUT2D eigenvalue weighted by Crippen LogP contribution is 2.41. The molecular weight excluding hydrogens is 390 g/mol. The predicted octanol–water partition coefficient (Wildman–Crippen LogP) is 3.86. The first-order valence-electron chi connectivity index (χ1n) is 10.6. The maximum Gasteiger partial charge on any atom is 0.220 e. The van der Waals surface area contributed by atoms with Crippen molar-refractivity contribution >= 4 is 28.4 Å². The number of hydrogen-bond acceptors (Lipinski definition) is 5. The van der Waals surface area contributed by atoms with E-state index < -0.39 is 0 Å². The number of nitriles is 1. The van der Waals surface area contributed by atoms with Crippen LogP contribution < -0.4 is 10.6 Å². The van der Waals surface area contributed by atoms with Crippen LogP contribution in [0.4, 0.5) is 5.82 Å². The number of nitrogens with two attached hydrogens (primary N) is 1. The Bertz CT molecular complexity index is 1180. The molecule has 0 saturated carbocycles. The molecule has 2 saturated heterocycles. The standard InChI is InChI=1S/C23H25N5O2.CH4/c1-14-20(19-7-4-12-30-19)16(13-24)22-26-17-5-2-3-6-18(17)28(22)23(14)27-10-8-15(9-11-27)21(25)29;/h2-3,5-6,15,19H,4,7-12H2,1H3,(H2,25,29);1H4. The molecule has 2 aromatic heterocycles. The Hall–Kier alpha value is -3.11. The zero-order valence-electron chi connectivity index (χ0n) is 17.1. The van der Waals surface area contributed by atoms with Crippen LogP contribution in [0, 0.1) is 24.2 Å². The van der Waals surface area contributed by atoms with E-state index in [0.717, 1.165) is 73.4 Å². The fraction of sp³-hybridized carbons (Fsp3) is 0.458. The molecule has 0 spiro atoms. The first kappa shape index (κ1) is 21.1. The van der Waals surface area contributed by atoms with Crippen molar-refractivity contribution in [3.8, 4) is 6.07 Å². The molecule has 1 amide bonds. The second-order valence-corrected chi connectivity index (χ2v) is 8.27. The molecule has 31 heavy (non-hydrogen) atoms. The minimum atomic E-state index is -0.218. The van der Waals surface area contributed by atoms with E-state index in [9.17, 15) is 10.1 Å². The number of imidazole rings is 1. The number of fused-ring (bicyclic) bond motifs is 3. The van der Waals surface area contributed by atoms with Gasteiger partial charge in [-0.25, -0.2) is 4.98 Å². The Kier molecular flexibility index (Phi) is 5.59. The second-order valence-electron chi connectivity index (χ2n) is 8.27. The van der Waals surface area contributed by atoms with Gasteiger partial charge in [-0.15, -0.1) is 0 Å². The number of primary amides is 1. The summed E-state index contributed by atoms with van der Waals surface area (Å²) < 4.78 is 8.13. The lowest BCUT2D eigenvalue weighted by Gasteiger charge is -2.35. The van der Waals surface area contributed by atoms with Crippen LogP contribution in [0.15, 0.2) is 24.3 Å². The van der Waals surface area contributed by atoms with E-state index in [4.69, 9.17) is 15.5 Å². The summed E-state index contributed by atoms with van der Waals surface area (Å²) in [6, 6.07) is 10.4. The molecule has 0 bridgehead atoms. The van der Waals surface area contributed by atoms with Crippen LogP contribution in [0.5, 0.6) is 0 Å². The lowest BCUT2D eigenvalue weighted by molar-refractivity contribution is -0.122. The molecule has 2 aliphatic rings. The third-order valence-electron chi connectivity index (χ3n) is 6.57. The van der Waals surface area contributed by atoms with E-state index in [1.807, 2.05) is 24.3 Å². The lowest BCUT2D eigenvalue weighted by Crippen LogP contribution is -2.39. The Labute approximate surface area is 182 Å². The van der Waals surface area contributed by atoms with Crippen molar-refractivity contribution in [2.24, 2.45) is 11.7 Å². The molecular formula is C24H29N5O2. The van der Waals surface area contributed by atoms with E-state index in [2.05, 4.69) is 22.3 Å². The van der Waals surface area contributed by atoms with Gasteiger partial charge in [0, 0.05) is 31.2 Å². The summed E-state index contributed by atoms with van der Waals surface area (Å²) in [6.07, 6.45) is 3.30. The highest BCUT2D eigenvalue weighted by Gasteiger charge is 2.32. The van der Waals surface area contributed by atoms with E-state index >= 15 is 0 Å². The van der Waals surface area contributed by atoms with Gasteiger partial charge >= 0.3 is 0 Å². The number of para-hydroxylation sites is 2. The molecule has 0 aliphatic carbocycles. The molecule has 1 unspecified atom stereocenters. The number of amides is 1. The van der Waals surface area contributed by atoms with Crippen molar-refractivity contribution in [2.75, 3.05) is 24.6 Å². The van der Waals surface area contributed by atoms with Gasteiger partial charge in [0.15, 0.2) is 5.65 Å². The Balaban J connectivity index is 0.00000231. The molecule has 1 aromatic carbocycles. The minimum Gasteiger partial charge on any atom is -0.373 e. The van der Waals surface area contributed by atoms with Crippen molar-refractivity contribution in [1.29, 1.82) is 5.26 Å². The molecule has 4 heterocycles. The van der Waals surface area contributed by atoms with Crippen molar-refractivity contribution in [3.05, 3.63) is 41.0 Å².